The van der Waals surface area contributed by atoms with E-state index < -0.39 is 0 Å². The van der Waals surface area contributed by atoms with Gasteiger partial charge in [0.15, 0.2) is 0 Å². The highest BCUT2D eigenvalue weighted by Crippen LogP contribution is 2.22. The molecule has 2 heterocycles. The first-order valence-corrected chi connectivity index (χ1v) is 8.22. The first-order valence-electron chi connectivity index (χ1n) is 8.22. The molecule has 1 aliphatic rings. The predicted octanol–water partition coefficient (Wildman–Crippen LogP) is 2.49. The van der Waals surface area contributed by atoms with Crippen molar-refractivity contribution in [1.82, 2.24) is 14.7 Å². The highest BCUT2D eigenvalue weighted by atomic mass is 16.5. The number of benzene rings is 1. The molecule has 1 aliphatic heterocycles. The van der Waals surface area contributed by atoms with Crippen LogP contribution in [-0.2, 0) is 22.6 Å². The quantitative estimate of drug-likeness (QED) is 0.702. The van der Waals surface area contributed by atoms with Crippen LogP contribution in [0.4, 0.5) is 0 Å². The van der Waals surface area contributed by atoms with Crippen LogP contribution in [0.1, 0.15) is 23.7 Å². The Morgan fingerprint density at radius 1 is 1.17 bits per heavy atom. The van der Waals surface area contributed by atoms with Gasteiger partial charge in [0.25, 0.3) is 0 Å². The second kappa shape index (κ2) is 8.24. The molecule has 0 N–H and O–H groups in total. The normalized spacial score (nSPS) is 18.0. The highest BCUT2D eigenvalue weighted by Gasteiger charge is 2.24. The summed E-state index contributed by atoms with van der Waals surface area (Å²) in [4.78, 5) is 2.45. The van der Waals surface area contributed by atoms with Gasteiger partial charge in [-0.05, 0) is 18.1 Å². The zero-order valence-corrected chi connectivity index (χ0v) is 13.7. The molecule has 0 amide bonds. The van der Waals surface area contributed by atoms with E-state index in [9.17, 15) is 0 Å². The number of nitrogens with zero attached hydrogens (tertiary/aromatic N) is 3. The molecule has 5 heteroatoms. The lowest BCUT2D eigenvalue weighted by Crippen LogP contribution is -2.39. The molecule has 0 saturated carbocycles. The van der Waals surface area contributed by atoms with Crippen LogP contribution in [0, 0.1) is 0 Å². The predicted molar refractivity (Wildman–Crippen MR) is 89.1 cm³/mol. The lowest BCUT2D eigenvalue weighted by Gasteiger charge is -2.33. The van der Waals surface area contributed by atoms with Crippen LogP contribution in [-0.4, -0.2) is 48.1 Å². The first-order chi connectivity index (χ1) is 11.4. The van der Waals surface area contributed by atoms with Crippen LogP contribution in [0.15, 0.2) is 42.6 Å². The molecule has 0 spiro atoms. The average Bonchev–Trinajstić information content (AvgIpc) is 3.06. The van der Waals surface area contributed by atoms with E-state index in [1.54, 1.807) is 7.11 Å². The Morgan fingerprint density at radius 3 is 2.87 bits per heavy atom. The van der Waals surface area contributed by atoms with Crippen molar-refractivity contribution in [3.05, 3.63) is 53.9 Å². The van der Waals surface area contributed by atoms with Crippen molar-refractivity contribution in [2.45, 2.75) is 25.6 Å². The van der Waals surface area contributed by atoms with Crippen molar-refractivity contribution in [3.63, 3.8) is 0 Å². The van der Waals surface area contributed by atoms with Crippen molar-refractivity contribution in [2.24, 2.45) is 0 Å². The minimum atomic E-state index is 0.392. The smallest absolute Gasteiger partial charge is 0.0717 e. The van der Waals surface area contributed by atoms with Crippen LogP contribution in [0.25, 0.3) is 0 Å². The van der Waals surface area contributed by atoms with E-state index >= 15 is 0 Å². The van der Waals surface area contributed by atoms with Gasteiger partial charge in [-0.15, -0.1) is 0 Å². The van der Waals surface area contributed by atoms with E-state index in [4.69, 9.17) is 9.47 Å². The first kappa shape index (κ1) is 16.2. The maximum atomic E-state index is 5.82. The van der Waals surface area contributed by atoms with Crippen LogP contribution in [0.2, 0.25) is 0 Å². The molecule has 0 unspecified atom stereocenters. The van der Waals surface area contributed by atoms with Crippen LogP contribution >= 0.6 is 0 Å². The topological polar surface area (TPSA) is 39.5 Å². The molecular formula is C18H25N3O2. The summed E-state index contributed by atoms with van der Waals surface area (Å²) < 4.78 is 13.2. The van der Waals surface area contributed by atoms with Gasteiger partial charge in [0.2, 0.25) is 0 Å². The zero-order valence-electron chi connectivity index (χ0n) is 13.7. The van der Waals surface area contributed by atoms with Crippen LogP contribution < -0.4 is 0 Å². The maximum Gasteiger partial charge on any atom is 0.0717 e. The Morgan fingerprint density at radius 2 is 2.04 bits per heavy atom. The molecule has 3 rings (SSSR count). The molecule has 0 bridgehead atoms. The monoisotopic (exact) mass is 315 g/mol. The summed E-state index contributed by atoms with van der Waals surface area (Å²) in [7, 11) is 1.75. The van der Waals surface area contributed by atoms with Crippen molar-refractivity contribution in [1.29, 1.82) is 0 Å². The molecule has 5 nitrogen and oxygen atoms in total. The Labute approximate surface area is 137 Å². The van der Waals surface area contributed by atoms with E-state index in [0.29, 0.717) is 12.6 Å². The van der Waals surface area contributed by atoms with Gasteiger partial charge in [-0.2, -0.15) is 5.10 Å². The zero-order chi connectivity index (χ0) is 15.9. The third kappa shape index (κ3) is 4.41. The molecule has 0 aliphatic carbocycles. The number of ether oxygens (including phenoxy) is 2. The lowest BCUT2D eigenvalue weighted by atomic mass is 10.1. The Kier molecular flexibility index (Phi) is 5.80. The van der Waals surface area contributed by atoms with Crippen LogP contribution in [0.5, 0.6) is 0 Å². The van der Waals surface area contributed by atoms with E-state index in [-0.39, 0.29) is 0 Å². The van der Waals surface area contributed by atoms with Gasteiger partial charge in [-0.3, -0.25) is 9.58 Å². The molecule has 0 saturated heterocycles. The lowest BCUT2D eigenvalue weighted by molar-refractivity contribution is 0.0696. The summed E-state index contributed by atoms with van der Waals surface area (Å²) in [6.45, 7) is 5.09. The van der Waals surface area contributed by atoms with Crippen LogP contribution in [0.3, 0.4) is 0 Å². The van der Waals surface area contributed by atoms with Gasteiger partial charge in [0, 0.05) is 39.5 Å². The fourth-order valence-electron chi connectivity index (χ4n) is 3.06. The Balaban J connectivity index is 1.47. The molecule has 0 radical (unpaired) electrons. The highest BCUT2D eigenvalue weighted by molar-refractivity contribution is 5.13. The van der Waals surface area contributed by atoms with Crippen molar-refractivity contribution < 1.29 is 9.47 Å². The summed E-state index contributed by atoms with van der Waals surface area (Å²) in [5.41, 5.74) is 2.50. The van der Waals surface area contributed by atoms with Crippen molar-refractivity contribution in [2.75, 3.05) is 33.4 Å². The average molecular weight is 315 g/mol. The maximum absolute atomic E-state index is 5.82. The van der Waals surface area contributed by atoms with Gasteiger partial charge in [0.1, 0.15) is 0 Å². The van der Waals surface area contributed by atoms with Crippen molar-refractivity contribution in [3.8, 4) is 0 Å². The summed E-state index contributed by atoms with van der Waals surface area (Å²) in [5, 5.41) is 4.46. The van der Waals surface area contributed by atoms with Gasteiger partial charge in [-0.25, -0.2) is 0 Å². The van der Waals surface area contributed by atoms with Gasteiger partial charge < -0.3 is 9.47 Å². The number of hydrogen-bond acceptors (Lipinski definition) is 4. The number of aromatic nitrogens is 2. The third-order valence-corrected chi connectivity index (χ3v) is 4.27. The minimum absolute atomic E-state index is 0.392. The van der Waals surface area contributed by atoms with Gasteiger partial charge in [0.05, 0.1) is 24.9 Å². The molecule has 0 fully saturated rings. The summed E-state index contributed by atoms with van der Waals surface area (Å²) >= 11 is 0. The number of fused-ring (bicyclic) bond motifs is 1. The van der Waals surface area contributed by atoms with E-state index in [2.05, 4.69) is 32.9 Å². The van der Waals surface area contributed by atoms with E-state index in [1.165, 1.54) is 11.3 Å². The fraction of sp³-hybridized carbons (Fsp3) is 0.500. The largest absolute Gasteiger partial charge is 0.385 e. The fourth-order valence-corrected chi connectivity index (χ4v) is 3.06. The standard InChI is InChI=1S/C18H25N3O2/c1-22-11-8-18-14-20(13-17-7-9-19-21(17)18)10-12-23-15-16-5-3-2-4-6-16/h2-7,9,18H,8,10-15H2,1H3/t18-/m1/s1. The SMILES string of the molecule is COCC[C@@H]1CN(CCOCc2ccccc2)Cc2ccnn21. The molecule has 1 aromatic heterocycles. The minimum Gasteiger partial charge on any atom is -0.385 e. The molecule has 2 aromatic rings. The summed E-state index contributed by atoms with van der Waals surface area (Å²) in [6.07, 6.45) is 2.89. The van der Waals surface area contributed by atoms with E-state index in [0.717, 1.165) is 39.3 Å². The van der Waals surface area contributed by atoms with E-state index in [1.807, 2.05) is 24.4 Å². The molecule has 23 heavy (non-hydrogen) atoms. The molecule has 1 atom stereocenters. The van der Waals surface area contributed by atoms with Gasteiger partial charge >= 0.3 is 0 Å². The second-order valence-corrected chi connectivity index (χ2v) is 5.98. The second-order valence-electron chi connectivity index (χ2n) is 5.98. The molecular weight excluding hydrogens is 290 g/mol. The third-order valence-electron chi connectivity index (χ3n) is 4.27. The van der Waals surface area contributed by atoms with Gasteiger partial charge in [-0.1, -0.05) is 30.3 Å². The number of methoxy groups -OCH3 is 1. The summed E-state index contributed by atoms with van der Waals surface area (Å²) in [6, 6.07) is 12.8. The summed E-state index contributed by atoms with van der Waals surface area (Å²) in [5.74, 6) is 0. The number of hydrogen-bond donors (Lipinski definition) is 0. The molecule has 124 valence electrons. The molecule has 1 aromatic carbocycles. The van der Waals surface area contributed by atoms with Crippen molar-refractivity contribution >= 4 is 0 Å². The Hall–Kier alpha value is -1.69. The number of rotatable bonds is 8. The Bertz CT molecular complexity index is 585.